The average Bonchev–Trinajstić information content (AvgIpc) is 2.72. The Hall–Kier alpha value is -2.54. The molecule has 0 spiro atoms. The van der Waals surface area contributed by atoms with Gasteiger partial charge in [0.2, 0.25) is 5.91 Å². The summed E-state index contributed by atoms with van der Waals surface area (Å²) in [5.41, 5.74) is 1.78. The molecule has 1 aliphatic rings. The molecule has 3 rings (SSSR count). The summed E-state index contributed by atoms with van der Waals surface area (Å²) in [4.78, 5) is 14.6. The third-order valence-electron chi connectivity index (χ3n) is 5.08. The van der Waals surface area contributed by atoms with E-state index in [9.17, 15) is 18.0 Å². The molecule has 0 saturated carbocycles. The van der Waals surface area contributed by atoms with E-state index >= 15 is 0 Å². The van der Waals surface area contributed by atoms with Gasteiger partial charge in [0.15, 0.2) is 0 Å². The molecule has 0 aromatic heterocycles. The van der Waals surface area contributed by atoms with Crippen molar-refractivity contribution in [3.63, 3.8) is 0 Å². The van der Waals surface area contributed by atoms with Crippen LogP contribution in [0, 0.1) is 0 Å². The van der Waals surface area contributed by atoms with Crippen LogP contribution in [0.15, 0.2) is 48.5 Å². The number of amides is 1. The van der Waals surface area contributed by atoms with Gasteiger partial charge in [-0.3, -0.25) is 9.69 Å². The first-order valence-electron chi connectivity index (χ1n) is 9.89. The van der Waals surface area contributed by atoms with Gasteiger partial charge in [0.25, 0.3) is 0 Å². The van der Waals surface area contributed by atoms with Crippen LogP contribution in [-0.2, 0) is 24.1 Å². The smallest absolute Gasteiger partial charge is 0.376 e. The normalized spacial score (nSPS) is 15.1. The minimum atomic E-state index is -4.40. The Labute approximate surface area is 169 Å². The Morgan fingerprint density at radius 1 is 0.966 bits per heavy atom. The molecule has 0 atom stereocenters. The summed E-state index contributed by atoms with van der Waals surface area (Å²) in [6, 6.07) is 12.9. The van der Waals surface area contributed by atoms with Gasteiger partial charge >= 0.3 is 6.18 Å². The summed E-state index contributed by atoms with van der Waals surface area (Å²) in [6.45, 7) is 3.38. The van der Waals surface area contributed by atoms with E-state index in [2.05, 4.69) is 21.6 Å². The zero-order valence-electron chi connectivity index (χ0n) is 16.3. The maximum Gasteiger partial charge on any atom is 0.416 e. The van der Waals surface area contributed by atoms with Crippen molar-refractivity contribution >= 4 is 11.6 Å². The average molecular weight is 405 g/mol. The molecule has 2 aromatic rings. The van der Waals surface area contributed by atoms with E-state index in [1.807, 2.05) is 18.2 Å². The van der Waals surface area contributed by atoms with E-state index in [4.69, 9.17) is 0 Å². The molecule has 0 radical (unpaired) electrons. The number of anilines is 1. The Morgan fingerprint density at radius 2 is 1.69 bits per heavy atom. The maximum absolute atomic E-state index is 12.8. The lowest BCUT2D eigenvalue weighted by molar-refractivity contribution is -0.137. The standard InChI is InChI=1S/C22H26F3N3O/c23-22(24,25)19-9-6-10-20(13-19)26-15-21(29)27-14-17-7-2-3-8-18(17)16-28-11-4-1-5-12-28/h2-3,6-10,13,26H,1,4-5,11-12,14-16H2,(H,27,29). The van der Waals surface area contributed by atoms with Gasteiger partial charge in [-0.2, -0.15) is 13.2 Å². The summed E-state index contributed by atoms with van der Waals surface area (Å²) in [6.07, 6.45) is -0.675. The Morgan fingerprint density at radius 3 is 2.41 bits per heavy atom. The van der Waals surface area contributed by atoms with Crippen LogP contribution in [0.2, 0.25) is 0 Å². The Balaban J connectivity index is 1.51. The van der Waals surface area contributed by atoms with Gasteiger partial charge in [-0.25, -0.2) is 0 Å². The highest BCUT2D eigenvalue weighted by Crippen LogP contribution is 2.30. The van der Waals surface area contributed by atoms with Crippen LogP contribution in [0.1, 0.15) is 36.0 Å². The van der Waals surface area contributed by atoms with Crippen LogP contribution in [0.4, 0.5) is 18.9 Å². The molecule has 156 valence electrons. The van der Waals surface area contributed by atoms with E-state index in [1.54, 1.807) is 0 Å². The summed E-state index contributed by atoms with van der Waals surface area (Å²) in [7, 11) is 0. The van der Waals surface area contributed by atoms with Crippen molar-refractivity contribution < 1.29 is 18.0 Å². The fraction of sp³-hybridized carbons (Fsp3) is 0.409. The molecule has 1 saturated heterocycles. The molecule has 29 heavy (non-hydrogen) atoms. The van der Waals surface area contributed by atoms with E-state index in [1.165, 1.54) is 37.0 Å². The van der Waals surface area contributed by atoms with Crippen LogP contribution in [0.5, 0.6) is 0 Å². The number of carbonyl (C=O) groups excluding carboxylic acids is 1. The number of hydrogen-bond donors (Lipinski definition) is 2. The van der Waals surface area contributed by atoms with Gasteiger partial charge < -0.3 is 10.6 Å². The second-order valence-electron chi connectivity index (χ2n) is 7.31. The monoisotopic (exact) mass is 405 g/mol. The number of benzene rings is 2. The van der Waals surface area contributed by atoms with E-state index in [0.717, 1.165) is 37.3 Å². The molecule has 1 amide bonds. The van der Waals surface area contributed by atoms with Gasteiger partial charge in [0.1, 0.15) is 0 Å². The van der Waals surface area contributed by atoms with Crippen molar-refractivity contribution in [2.75, 3.05) is 25.0 Å². The SMILES string of the molecule is O=C(CNc1cccc(C(F)(F)F)c1)NCc1ccccc1CN1CCCCC1. The van der Waals surface area contributed by atoms with E-state index in [0.29, 0.717) is 6.54 Å². The highest BCUT2D eigenvalue weighted by atomic mass is 19.4. The molecule has 1 aliphatic heterocycles. The minimum Gasteiger partial charge on any atom is -0.376 e. The van der Waals surface area contributed by atoms with Crippen LogP contribution < -0.4 is 10.6 Å². The Kier molecular flexibility index (Phi) is 7.14. The zero-order valence-corrected chi connectivity index (χ0v) is 16.3. The van der Waals surface area contributed by atoms with Crippen LogP contribution in [0.25, 0.3) is 0 Å². The highest BCUT2D eigenvalue weighted by Gasteiger charge is 2.30. The first-order chi connectivity index (χ1) is 13.9. The van der Waals surface area contributed by atoms with Crippen molar-refractivity contribution in [1.82, 2.24) is 10.2 Å². The number of nitrogens with zero attached hydrogens (tertiary/aromatic N) is 1. The first-order valence-corrected chi connectivity index (χ1v) is 9.89. The van der Waals surface area contributed by atoms with Crippen LogP contribution in [-0.4, -0.2) is 30.4 Å². The lowest BCUT2D eigenvalue weighted by atomic mass is 10.0. The first kappa shape index (κ1) is 21.2. The number of alkyl halides is 3. The molecule has 0 aliphatic carbocycles. The molecule has 1 fully saturated rings. The molecule has 1 heterocycles. The molecular weight excluding hydrogens is 379 g/mol. The lowest BCUT2D eigenvalue weighted by Crippen LogP contribution is -2.31. The molecule has 2 aromatic carbocycles. The minimum absolute atomic E-state index is 0.0877. The summed E-state index contributed by atoms with van der Waals surface area (Å²) in [5.74, 6) is -0.268. The van der Waals surface area contributed by atoms with Crippen molar-refractivity contribution in [2.24, 2.45) is 0 Å². The number of nitrogens with one attached hydrogen (secondary N) is 2. The van der Waals surface area contributed by atoms with Crippen molar-refractivity contribution in [3.8, 4) is 0 Å². The molecule has 0 bridgehead atoms. The van der Waals surface area contributed by atoms with Gasteiger partial charge in [0.05, 0.1) is 12.1 Å². The second-order valence-corrected chi connectivity index (χ2v) is 7.31. The third kappa shape index (κ3) is 6.49. The largest absolute Gasteiger partial charge is 0.416 e. The quantitative estimate of drug-likeness (QED) is 0.717. The number of halogens is 3. The highest BCUT2D eigenvalue weighted by molar-refractivity contribution is 5.80. The van der Waals surface area contributed by atoms with Crippen LogP contribution in [0.3, 0.4) is 0 Å². The molecule has 2 N–H and O–H groups in total. The van der Waals surface area contributed by atoms with Crippen molar-refractivity contribution in [1.29, 1.82) is 0 Å². The Bertz CT molecular complexity index is 817. The fourth-order valence-corrected chi connectivity index (χ4v) is 3.49. The number of hydrogen-bond acceptors (Lipinski definition) is 3. The summed E-state index contributed by atoms with van der Waals surface area (Å²) in [5, 5.41) is 5.60. The molecule has 4 nitrogen and oxygen atoms in total. The van der Waals surface area contributed by atoms with Crippen molar-refractivity contribution in [2.45, 2.75) is 38.5 Å². The maximum atomic E-state index is 12.8. The van der Waals surface area contributed by atoms with Crippen LogP contribution >= 0.6 is 0 Å². The van der Waals surface area contributed by atoms with E-state index in [-0.39, 0.29) is 18.1 Å². The number of rotatable bonds is 7. The van der Waals surface area contributed by atoms with Crippen molar-refractivity contribution in [3.05, 3.63) is 65.2 Å². The topological polar surface area (TPSA) is 44.4 Å². The summed E-state index contributed by atoms with van der Waals surface area (Å²) >= 11 is 0. The number of carbonyl (C=O) groups is 1. The predicted octanol–water partition coefficient (Wildman–Crippen LogP) is 4.42. The lowest BCUT2D eigenvalue weighted by Gasteiger charge is -2.27. The van der Waals surface area contributed by atoms with Gasteiger partial charge in [-0.1, -0.05) is 36.8 Å². The molecule has 0 unspecified atom stereocenters. The number of piperidine rings is 1. The fourth-order valence-electron chi connectivity index (χ4n) is 3.49. The van der Waals surface area contributed by atoms with Gasteiger partial charge in [0, 0.05) is 18.8 Å². The predicted molar refractivity (Wildman–Crippen MR) is 107 cm³/mol. The number of likely N-dealkylation sites (tertiary alicyclic amines) is 1. The van der Waals surface area contributed by atoms with Gasteiger partial charge in [-0.15, -0.1) is 0 Å². The summed E-state index contributed by atoms with van der Waals surface area (Å²) < 4.78 is 38.3. The third-order valence-corrected chi connectivity index (χ3v) is 5.08. The molecule has 7 heteroatoms. The van der Waals surface area contributed by atoms with Gasteiger partial charge in [-0.05, 0) is 55.3 Å². The van der Waals surface area contributed by atoms with E-state index < -0.39 is 11.7 Å². The zero-order chi connectivity index (χ0) is 20.7. The second kappa shape index (κ2) is 9.78. The molecular formula is C22H26F3N3O.